The van der Waals surface area contributed by atoms with Crippen LogP contribution in [0.25, 0.3) is 0 Å². The van der Waals surface area contributed by atoms with E-state index in [-0.39, 0.29) is 6.10 Å². The molecule has 1 saturated heterocycles. The zero-order valence-corrected chi connectivity index (χ0v) is 7.30. The first kappa shape index (κ1) is 8.37. The van der Waals surface area contributed by atoms with Crippen molar-refractivity contribution < 1.29 is 9.47 Å². The maximum atomic E-state index is 5.51. The minimum absolute atomic E-state index is 0.198. The van der Waals surface area contributed by atoms with Crippen molar-refractivity contribution in [3.8, 4) is 0 Å². The fourth-order valence-corrected chi connectivity index (χ4v) is 1.70. The van der Waals surface area contributed by atoms with Gasteiger partial charge in [-0.05, 0) is 13.3 Å². The highest BCUT2D eigenvalue weighted by Gasteiger charge is 2.29. The first-order chi connectivity index (χ1) is 4.74. The highest BCUT2D eigenvalue weighted by atomic mass is 32.1. The molecular weight excluding hydrogens is 148 g/mol. The van der Waals surface area contributed by atoms with Crippen LogP contribution in [0.15, 0.2) is 0 Å². The highest BCUT2D eigenvalue weighted by molar-refractivity contribution is 7.81. The molecule has 0 aromatic carbocycles. The van der Waals surface area contributed by atoms with E-state index in [4.69, 9.17) is 9.47 Å². The van der Waals surface area contributed by atoms with Gasteiger partial charge in [-0.3, -0.25) is 0 Å². The minimum Gasteiger partial charge on any atom is -0.382 e. The molecule has 0 aromatic rings. The summed E-state index contributed by atoms with van der Waals surface area (Å²) in [5.41, 5.74) is 0. The lowest BCUT2D eigenvalue weighted by molar-refractivity contribution is 0.00702. The van der Waals surface area contributed by atoms with Gasteiger partial charge in [0.15, 0.2) is 0 Å². The van der Waals surface area contributed by atoms with E-state index in [0.717, 1.165) is 6.42 Å². The van der Waals surface area contributed by atoms with E-state index in [0.29, 0.717) is 18.0 Å². The predicted molar refractivity (Wildman–Crippen MR) is 43.6 cm³/mol. The first-order valence-corrected chi connectivity index (χ1v) is 4.08. The second-order valence-corrected chi connectivity index (χ2v) is 3.41. The van der Waals surface area contributed by atoms with Crippen LogP contribution >= 0.6 is 12.6 Å². The van der Waals surface area contributed by atoms with Crippen LogP contribution in [-0.2, 0) is 9.47 Å². The number of methoxy groups -OCH3 is 1. The van der Waals surface area contributed by atoms with Crippen LogP contribution in [0.2, 0.25) is 0 Å². The van der Waals surface area contributed by atoms with E-state index in [2.05, 4.69) is 19.6 Å². The summed E-state index contributed by atoms with van der Waals surface area (Å²) in [7, 11) is 1.69. The monoisotopic (exact) mass is 162 g/mol. The number of thiol groups is 1. The third kappa shape index (κ3) is 1.87. The third-order valence-electron chi connectivity index (χ3n) is 1.74. The van der Waals surface area contributed by atoms with Crippen LogP contribution in [0.3, 0.4) is 0 Å². The van der Waals surface area contributed by atoms with Gasteiger partial charge in [0.1, 0.15) is 0 Å². The lowest BCUT2D eigenvalue weighted by atomic mass is 10.2. The van der Waals surface area contributed by atoms with Crippen LogP contribution < -0.4 is 0 Å². The first-order valence-electron chi connectivity index (χ1n) is 3.56. The summed E-state index contributed by atoms with van der Waals surface area (Å²) in [4.78, 5) is 0. The predicted octanol–water partition coefficient (Wildman–Crippen LogP) is 1.11. The zero-order chi connectivity index (χ0) is 7.56. The molecule has 1 rings (SSSR count). The van der Waals surface area contributed by atoms with Gasteiger partial charge in [-0.2, -0.15) is 12.6 Å². The molecule has 0 aromatic heterocycles. The minimum atomic E-state index is 0.198. The van der Waals surface area contributed by atoms with Crippen LogP contribution in [-0.4, -0.2) is 31.2 Å². The van der Waals surface area contributed by atoms with Gasteiger partial charge < -0.3 is 9.47 Å². The van der Waals surface area contributed by atoms with Gasteiger partial charge in [0, 0.05) is 12.4 Å². The molecule has 0 aliphatic carbocycles. The molecule has 0 saturated carbocycles. The fraction of sp³-hybridized carbons (Fsp3) is 1.00. The number of hydrogen-bond donors (Lipinski definition) is 1. The van der Waals surface area contributed by atoms with Crippen LogP contribution in [0.4, 0.5) is 0 Å². The smallest absolute Gasteiger partial charge is 0.0928 e. The Balaban J connectivity index is 2.31. The summed E-state index contributed by atoms with van der Waals surface area (Å²) in [5, 5.41) is 0.356. The Morgan fingerprint density at radius 3 is 2.80 bits per heavy atom. The van der Waals surface area contributed by atoms with Gasteiger partial charge in [-0.1, -0.05) is 0 Å². The number of ether oxygens (including phenoxy) is 2. The number of hydrogen-bond acceptors (Lipinski definition) is 3. The van der Waals surface area contributed by atoms with Gasteiger partial charge in [-0.15, -0.1) is 0 Å². The third-order valence-corrected chi connectivity index (χ3v) is 2.28. The molecule has 0 spiro atoms. The molecular formula is C7H14O2S. The van der Waals surface area contributed by atoms with Crippen molar-refractivity contribution >= 4 is 12.6 Å². The second kappa shape index (κ2) is 3.60. The lowest BCUT2D eigenvalue weighted by Crippen LogP contribution is -2.22. The molecule has 1 unspecified atom stereocenters. The van der Waals surface area contributed by atoms with Crippen molar-refractivity contribution in [2.45, 2.75) is 30.8 Å². The van der Waals surface area contributed by atoms with Gasteiger partial charge in [0.05, 0.1) is 18.8 Å². The Kier molecular flexibility index (Phi) is 3.01. The van der Waals surface area contributed by atoms with E-state index < -0.39 is 0 Å². The van der Waals surface area contributed by atoms with Gasteiger partial charge in [-0.25, -0.2) is 0 Å². The van der Waals surface area contributed by atoms with Crippen molar-refractivity contribution in [1.82, 2.24) is 0 Å². The fourth-order valence-electron chi connectivity index (χ4n) is 1.25. The molecule has 1 aliphatic heterocycles. The number of rotatable bonds is 2. The standard InChI is InChI=1S/C7H14O2S/c1-5-3-7(10)6(9-5)4-8-2/h5-7,10H,3-4H2,1-2H3/t5-,6+,7?/m0/s1. The summed E-state index contributed by atoms with van der Waals surface area (Å²) in [6.07, 6.45) is 1.59. The van der Waals surface area contributed by atoms with Crippen LogP contribution in [0.5, 0.6) is 0 Å². The molecule has 60 valence electrons. The topological polar surface area (TPSA) is 18.5 Å². The van der Waals surface area contributed by atoms with Crippen molar-refractivity contribution in [3.05, 3.63) is 0 Å². The Morgan fingerprint density at radius 1 is 1.70 bits per heavy atom. The summed E-state index contributed by atoms with van der Waals surface area (Å²) in [6.45, 7) is 2.73. The maximum Gasteiger partial charge on any atom is 0.0928 e. The lowest BCUT2D eigenvalue weighted by Gasteiger charge is -2.12. The summed E-state index contributed by atoms with van der Waals surface area (Å²) < 4.78 is 10.5. The Labute approximate surface area is 67.3 Å². The van der Waals surface area contributed by atoms with Crippen LogP contribution in [0, 0.1) is 0 Å². The molecule has 0 N–H and O–H groups in total. The van der Waals surface area contributed by atoms with Crippen molar-refractivity contribution in [3.63, 3.8) is 0 Å². The van der Waals surface area contributed by atoms with E-state index in [1.807, 2.05) is 0 Å². The Hall–Kier alpha value is 0.270. The summed E-state index contributed by atoms with van der Waals surface area (Å²) in [6, 6.07) is 0. The van der Waals surface area contributed by atoms with E-state index in [1.165, 1.54) is 0 Å². The Bertz CT molecular complexity index is 108. The Morgan fingerprint density at radius 2 is 2.40 bits per heavy atom. The molecule has 0 amide bonds. The van der Waals surface area contributed by atoms with Crippen molar-refractivity contribution in [2.75, 3.05) is 13.7 Å². The normalized spacial score (nSPS) is 40.5. The maximum absolute atomic E-state index is 5.51. The summed E-state index contributed by atoms with van der Waals surface area (Å²) in [5.74, 6) is 0. The highest BCUT2D eigenvalue weighted by Crippen LogP contribution is 2.24. The molecule has 2 nitrogen and oxygen atoms in total. The SMILES string of the molecule is COC[C@H]1O[C@@H](C)CC1S. The molecule has 3 heteroatoms. The largest absolute Gasteiger partial charge is 0.382 e. The van der Waals surface area contributed by atoms with Gasteiger partial charge in [0.2, 0.25) is 0 Å². The average molecular weight is 162 g/mol. The molecule has 1 aliphatic rings. The van der Waals surface area contributed by atoms with E-state index in [1.54, 1.807) is 7.11 Å². The van der Waals surface area contributed by atoms with Crippen LogP contribution in [0.1, 0.15) is 13.3 Å². The van der Waals surface area contributed by atoms with E-state index in [9.17, 15) is 0 Å². The second-order valence-electron chi connectivity index (χ2n) is 2.74. The molecule has 1 fully saturated rings. The van der Waals surface area contributed by atoms with Crippen molar-refractivity contribution in [1.29, 1.82) is 0 Å². The zero-order valence-electron chi connectivity index (χ0n) is 6.41. The molecule has 3 atom stereocenters. The molecule has 10 heavy (non-hydrogen) atoms. The molecule has 0 bridgehead atoms. The van der Waals surface area contributed by atoms with Gasteiger partial charge >= 0.3 is 0 Å². The molecule has 0 radical (unpaired) electrons. The van der Waals surface area contributed by atoms with Crippen molar-refractivity contribution in [2.24, 2.45) is 0 Å². The van der Waals surface area contributed by atoms with Gasteiger partial charge in [0.25, 0.3) is 0 Å². The van der Waals surface area contributed by atoms with E-state index >= 15 is 0 Å². The quantitative estimate of drug-likeness (QED) is 0.613. The summed E-state index contributed by atoms with van der Waals surface area (Å²) >= 11 is 4.38. The molecule has 1 heterocycles. The average Bonchev–Trinajstić information content (AvgIpc) is 2.13.